The van der Waals surface area contributed by atoms with Crippen LogP contribution in [0.2, 0.25) is 0 Å². The second kappa shape index (κ2) is 5.69. The summed E-state index contributed by atoms with van der Waals surface area (Å²) in [6.45, 7) is 0.604. The zero-order chi connectivity index (χ0) is 15.7. The SMILES string of the molecule is COc1ccc2[nH]c(C(=O)N3CCOC[C@H]3C(=O)O)cc2c1. The fraction of sp³-hybridized carbons (Fsp3) is 0.333. The van der Waals surface area contributed by atoms with Crippen LogP contribution in [0, 0.1) is 0 Å². The van der Waals surface area contributed by atoms with Gasteiger partial charge in [0, 0.05) is 17.4 Å². The number of aromatic nitrogens is 1. The average molecular weight is 304 g/mol. The molecular formula is C15H16N2O5. The second-order valence-corrected chi connectivity index (χ2v) is 5.06. The topological polar surface area (TPSA) is 91.9 Å². The maximum absolute atomic E-state index is 12.6. The lowest BCUT2D eigenvalue weighted by Gasteiger charge is -2.32. The van der Waals surface area contributed by atoms with Gasteiger partial charge in [-0.25, -0.2) is 4.79 Å². The minimum absolute atomic E-state index is 0.00905. The molecule has 1 fully saturated rings. The molecule has 2 aromatic rings. The van der Waals surface area contributed by atoms with Crippen molar-refractivity contribution in [2.45, 2.75) is 6.04 Å². The van der Waals surface area contributed by atoms with Crippen molar-refractivity contribution in [3.63, 3.8) is 0 Å². The van der Waals surface area contributed by atoms with Crippen molar-refractivity contribution < 1.29 is 24.2 Å². The molecule has 0 radical (unpaired) electrons. The molecule has 3 rings (SSSR count). The Balaban J connectivity index is 1.92. The summed E-state index contributed by atoms with van der Waals surface area (Å²) in [5.41, 5.74) is 1.15. The number of amides is 1. The zero-order valence-corrected chi connectivity index (χ0v) is 12.0. The summed E-state index contributed by atoms with van der Waals surface area (Å²) in [7, 11) is 1.57. The van der Waals surface area contributed by atoms with Crippen molar-refractivity contribution in [2.75, 3.05) is 26.9 Å². The molecule has 1 aliphatic rings. The largest absolute Gasteiger partial charge is 0.497 e. The van der Waals surface area contributed by atoms with Gasteiger partial charge in [0.05, 0.1) is 20.3 Å². The molecule has 2 N–H and O–H groups in total. The van der Waals surface area contributed by atoms with Gasteiger partial charge in [-0.1, -0.05) is 0 Å². The molecule has 0 spiro atoms. The van der Waals surface area contributed by atoms with Gasteiger partial charge < -0.3 is 24.5 Å². The predicted octanol–water partition coefficient (Wildman–Crippen LogP) is 1.10. The molecule has 2 heterocycles. The Bertz CT molecular complexity index is 724. The average Bonchev–Trinajstić information content (AvgIpc) is 2.96. The van der Waals surface area contributed by atoms with Crippen LogP contribution in [-0.2, 0) is 9.53 Å². The molecule has 0 bridgehead atoms. The first-order valence-electron chi connectivity index (χ1n) is 6.88. The van der Waals surface area contributed by atoms with Crippen molar-refractivity contribution in [2.24, 2.45) is 0 Å². The maximum Gasteiger partial charge on any atom is 0.328 e. The van der Waals surface area contributed by atoms with E-state index in [2.05, 4.69) is 4.98 Å². The Morgan fingerprint density at radius 1 is 1.41 bits per heavy atom. The first-order valence-corrected chi connectivity index (χ1v) is 6.88. The third-order valence-corrected chi connectivity index (χ3v) is 3.73. The lowest BCUT2D eigenvalue weighted by atomic mass is 10.2. The van der Waals surface area contributed by atoms with E-state index in [4.69, 9.17) is 9.47 Å². The lowest BCUT2D eigenvalue weighted by Crippen LogP contribution is -2.52. The van der Waals surface area contributed by atoms with Crippen LogP contribution in [0.25, 0.3) is 10.9 Å². The van der Waals surface area contributed by atoms with E-state index in [0.717, 1.165) is 10.9 Å². The van der Waals surface area contributed by atoms with Gasteiger partial charge in [-0.3, -0.25) is 4.79 Å². The van der Waals surface area contributed by atoms with Gasteiger partial charge in [0.25, 0.3) is 5.91 Å². The molecular weight excluding hydrogens is 288 g/mol. The molecule has 1 saturated heterocycles. The number of hydrogen-bond donors (Lipinski definition) is 2. The van der Waals surface area contributed by atoms with Crippen LogP contribution in [0.4, 0.5) is 0 Å². The molecule has 1 amide bonds. The summed E-state index contributed by atoms with van der Waals surface area (Å²) in [5, 5.41) is 10.0. The predicted molar refractivity (Wildman–Crippen MR) is 78.1 cm³/mol. The molecule has 1 atom stereocenters. The van der Waals surface area contributed by atoms with E-state index in [1.54, 1.807) is 19.2 Å². The fourth-order valence-electron chi connectivity index (χ4n) is 2.56. The van der Waals surface area contributed by atoms with Crippen LogP contribution < -0.4 is 4.74 Å². The number of aliphatic carboxylic acids is 1. The monoisotopic (exact) mass is 304 g/mol. The highest BCUT2D eigenvalue weighted by Gasteiger charge is 2.33. The second-order valence-electron chi connectivity index (χ2n) is 5.06. The number of hydrogen-bond acceptors (Lipinski definition) is 4. The number of nitrogens with zero attached hydrogens (tertiary/aromatic N) is 1. The smallest absolute Gasteiger partial charge is 0.328 e. The number of benzene rings is 1. The third-order valence-electron chi connectivity index (χ3n) is 3.73. The Labute approximate surface area is 126 Å². The fourth-order valence-corrected chi connectivity index (χ4v) is 2.56. The van der Waals surface area contributed by atoms with E-state index in [0.29, 0.717) is 18.1 Å². The normalized spacial score (nSPS) is 18.4. The molecule has 7 nitrogen and oxygen atoms in total. The van der Waals surface area contributed by atoms with Gasteiger partial charge in [0.1, 0.15) is 11.4 Å². The maximum atomic E-state index is 12.6. The van der Waals surface area contributed by atoms with E-state index in [-0.39, 0.29) is 19.1 Å². The quantitative estimate of drug-likeness (QED) is 0.886. The number of carbonyl (C=O) groups is 2. The Kier molecular flexibility index (Phi) is 3.72. The summed E-state index contributed by atoms with van der Waals surface area (Å²) in [4.78, 5) is 28.2. The van der Waals surface area contributed by atoms with Gasteiger partial charge in [-0.15, -0.1) is 0 Å². The number of carboxylic acid groups (broad SMARTS) is 1. The molecule has 0 aliphatic carbocycles. The number of fused-ring (bicyclic) bond motifs is 1. The number of rotatable bonds is 3. The van der Waals surface area contributed by atoms with Gasteiger partial charge in [-0.05, 0) is 24.3 Å². The number of carboxylic acids is 1. The van der Waals surface area contributed by atoms with Crippen molar-refractivity contribution in [3.8, 4) is 5.75 Å². The lowest BCUT2D eigenvalue weighted by molar-refractivity contribution is -0.147. The molecule has 1 aromatic carbocycles. The van der Waals surface area contributed by atoms with Crippen molar-refractivity contribution in [1.29, 1.82) is 0 Å². The number of nitrogens with one attached hydrogen (secondary N) is 1. The number of H-pyrrole nitrogens is 1. The highest BCUT2D eigenvalue weighted by Crippen LogP contribution is 2.23. The molecule has 7 heteroatoms. The van der Waals surface area contributed by atoms with Crippen LogP contribution in [0.5, 0.6) is 5.75 Å². The highest BCUT2D eigenvalue weighted by atomic mass is 16.5. The van der Waals surface area contributed by atoms with E-state index >= 15 is 0 Å². The summed E-state index contributed by atoms with van der Waals surface area (Å²) in [5.74, 6) is -0.711. The number of aromatic amines is 1. The highest BCUT2D eigenvalue weighted by molar-refractivity contribution is 6.00. The van der Waals surface area contributed by atoms with Gasteiger partial charge in [0.2, 0.25) is 0 Å². The van der Waals surface area contributed by atoms with Gasteiger partial charge in [-0.2, -0.15) is 0 Å². The number of carbonyl (C=O) groups excluding carboxylic acids is 1. The van der Waals surface area contributed by atoms with Crippen molar-refractivity contribution in [1.82, 2.24) is 9.88 Å². The van der Waals surface area contributed by atoms with E-state index in [1.807, 2.05) is 12.1 Å². The van der Waals surface area contributed by atoms with Crippen LogP contribution >= 0.6 is 0 Å². The van der Waals surface area contributed by atoms with Crippen LogP contribution in [0.3, 0.4) is 0 Å². The van der Waals surface area contributed by atoms with Crippen molar-refractivity contribution >= 4 is 22.8 Å². The number of ether oxygens (including phenoxy) is 2. The van der Waals surface area contributed by atoms with Crippen LogP contribution in [0.15, 0.2) is 24.3 Å². The van der Waals surface area contributed by atoms with Gasteiger partial charge >= 0.3 is 5.97 Å². The summed E-state index contributed by atoms with van der Waals surface area (Å²) in [6.07, 6.45) is 0. The first-order chi connectivity index (χ1) is 10.6. The minimum Gasteiger partial charge on any atom is -0.497 e. The minimum atomic E-state index is -1.06. The summed E-state index contributed by atoms with van der Waals surface area (Å²) < 4.78 is 10.3. The molecule has 0 saturated carbocycles. The Morgan fingerprint density at radius 3 is 2.95 bits per heavy atom. The van der Waals surface area contributed by atoms with Crippen LogP contribution in [0.1, 0.15) is 10.5 Å². The van der Waals surface area contributed by atoms with Crippen LogP contribution in [-0.4, -0.2) is 59.8 Å². The van der Waals surface area contributed by atoms with E-state index < -0.39 is 12.0 Å². The third kappa shape index (κ3) is 2.50. The Hall–Kier alpha value is -2.54. The summed E-state index contributed by atoms with van der Waals surface area (Å²) in [6, 6.07) is 6.17. The molecule has 1 aliphatic heterocycles. The molecule has 22 heavy (non-hydrogen) atoms. The Morgan fingerprint density at radius 2 is 2.23 bits per heavy atom. The molecule has 116 valence electrons. The number of morpholine rings is 1. The standard InChI is InChI=1S/C15H16N2O5/c1-21-10-2-3-11-9(6-10)7-12(16-11)14(18)17-4-5-22-8-13(17)15(19)20/h2-3,6-7,13,16H,4-5,8H2,1H3,(H,19,20)/t13-/m0/s1. The van der Waals surface area contributed by atoms with E-state index in [1.165, 1.54) is 4.90 Å². The summed E-state index contributed by atoms with van der Waals surface area (Å²) >= 11 is 0. The number of methoxy groups -OCH3 is 1. The first kappa shape index (κ1) is 14.4. The van der Waals surface area contributed by atoms with Gasteiger partial charge in [0.15, 0.2) is 6.04 Å². The van der Waals surface area contributed by atoms with E-state index in [9.17, 15) is 14.7 Å². The molecule has 1 aromatic heterocycles. The molecule has 0 unspecified atom stereocenters. The zero-order valence-electron chi connectivity index (χ0n) is 12.0. The van der Waals surface area contributed by atoms with Crippen molar-refractivity contribution in [3.05, 3.63) is 30.0 Å².